The number of hydrogen-bond acceptors (Lipinski definition) is 3. The molecule has 2 nitrogen and oxygen atoms in total. The van der Waals surface area contributed by atoms with Crippen LogP contribution in [0.5, 0.6) is 0 Å². The molecule has 0 fully saturated rings. The van der Waals surface area contributed by atoms with Gasteiger partial charge in [0.25, 0.3) is 0 Å². The summed E-state index contributed by atoms with van der Waals surface area (Å²) < 4.78 is 7.04. The Balaban J connectivity index is 2.09. The zero-order valence-corrected chi connectivity index (χ0v) is 12.2. The molecule has 2 heterocycles. The van der Waals surface area contributed by atoms with Gasteiger partial charge in [-0.3, -0.25) is 0 Å². The van der Waals surface area contributed by atoms with Crippen molar-refractivity contribution in [2.75, 3.05) is 7.05 Å². The largest absolute Gasteiger partial charge is 0.459 e. The molecular weight excluding hydrogens is 310 g/mol. The first-order valence-corrected chi connectivity index (χ1v) is 7.35. The molecule has 0 aliphatic rings. The maximum atomic E-state index is 5.92. The molecule has 1 aromatic carbocycles. The quantitative estimate of drug-likeness (QED) is 0.764. The van der Waals surface area contributed by atoms with Crippen molar-refractivity contribution in [1.29, 1.82) is 0 Å². The molecule has 3 aromatic rings. The van der Waals surface area contributed by atoms with Gasteiger partial charge in [-0.1, -0.05) is 18.2 Å². The molecule has 4 heteroatoms. The number of halogens is 1. The third-order valence-electron chi connectivity index (χ3n) is 2.92. The standard InChI is InChI=1S/C14H12BrNOS/c1-16-13(14-10(15)6-7-18-14)12-8-9-4-2-3-5-11(9)17-12/h2-8,13,16H,1H3. The zero-order valence-electron chi connectivity index (χ0n) is 9.81. The topological polar surface area (TPSA) is 25.2 Å². The van der Waals surface area contributed by atoms with Gasteiger partial charge in [0, 0.05) is 14.7 Å². The van der Waals surface area contributed by atoms with Gasteiger partial charge in [0.1, 0.15) is 17.4 Å². The molecule has 0 bridgehead atoms. The lowest BCUT2D eigenvalue weighted by Crippen LogP contribution is -2.16. The minimum atomic E-state index is 0.0896. The predicted octanol–water partition coefficient (Wildman–Crippen LogP) is 4.57. The van der Waals surface area contributed by atoms with Crippen LogP contribution in [-0.2, 0) is 0 Å². The second kappa shape index (κ2) is 4.88. The lowest BCUT2D eigenvalue weighted by atomic mass is 10.1. The third-order valence-corrected chi connectivity index (χ3v) is 4.86. The monoisotopic (exact) mass is 321 g/mol. The van der Waals surface area contributed by atoms with Crippen molar-refractivity contribution in [3.05, 3.63) is 56.9 Å². The van der Waals surface area contributed by atoms with Gasteiger partial charge in [-0.25, -0.2) is 0 Å². The zero-order chi connectivity index (χ0) is 12.5. The van der Waals surface area contributed by atoms with Crippen molar-refractivity contribution in [2.45, 2.75) is 6.04 Å². The molecule has 92 valence electrons. The Morgan fingerprint density at radius 3 is 2.78 bits per heavy atom. The highest BCUT2D eigenvalue weighted by atomic mass is 79.9. The van der Waals surface area contributed by atoms with Crippen molar-refractivity contribution in [3.8, 4) is 0 Å². The van der Waals surface area contributed by atoms with E-state index in [-0.39, 0.29) is 6.04 Å². The molecule has 1 unspecified atom stereocenters. The molecule has 0 saturated heterocycles. The van der Waals surface area contributed by atoms with Crippen LogP contribution in [0, 0.1) is 0 Å². The molecule has 18 heavy (non-hydrogen) atoms. The number of benzene rings is 1. The van der Waals surface area contributed by atoms with Crippen molar-refractivity contribution in [3.63, 3.8) is 0 Å². The van der Waals surface area contributed by atoms with Crippen LogP contribution in [0.2, 0.25) is 0 Å². The Kier molecular flexibility index (Phi) is 3.24. The fourth-order valence-electron chi connectivity index (χ4n) is 2.06. The molecule has 0 radical (unpaired) electrons. The van der Waals surface area contributed by atoms with Crippen LogP contribution in [0.4, 0.5) is 0 Å². The summed E-state index contributed by atoms with van der Waals surface area (Å²) in [5, 5.41) is 6.52. The summed E-state index contributed by atoms with van der Waals surface area (Å²) >= 11 is 5.30. The van der Waals surface area contributed by atoms with Crippen LogP contribution >= 0.6 is 27.3 Å². The van der Waals surface area contributed by atoms with Crippen LogP contribution in [-0.4, -0.2) is 7.05 Å². The summed E-state index contributed by atoms with van der Waals surface area (Å²) in [5.41, 5.74) is 0.931. The van der Waals surface area contributed by atoms with E-state index in [0.29, 0.717) is 0 Å². The second-order valence-corrected chi connectivity index (χ2v) is 5.84. The Hall–Kier alpha value is -1.10. The van der Waals surface area contributed by atoms with E-state index < -0.39 is 0 Å². The van der Waals surface area contributed by atoms with Crippen LogP contribution in [0.15, 0.2) is 50.7 Å². The molecule has 2 aromatic heterocycles. The van der Waals surface area contributed by atoms with E-state index in [4.69, 9.17) is 4.42 Å². The second-order valence-electron chi connectivity index (χ2n) is 4.04. The van der Waals surface area contributed by atoms with Gasteiger partial charge in [0.05, 0.1) is 0 Å². The fraction of sp³-hybridized carbons (Fsp3) is 0.143. The Morgan fingerprint density at radius 1 is 1.28 bits per heavy atom. The van der Waals surface area contributed by atoms with Crippen LogP contribution in [0.1, 0.15) is 16.7 Å². The molecule has 0 spiro atoms. The van der Waals surface area contributed by atoms with Gasteiger partial charge in [0.15, 0.2) is 0 Å². The molecular formula is C14H12BrNOS. The van der Waals surface area contributed by atoms with Gasteiger partial charge in [0.2, 0.25) is 0 Å². The number of para-hydroxylation sites is 1. The number of thiophene rings is 1. The lowest BCUT2D eigenvalue weighted by molar-refractivity contribution is 0.494. The predicted molar refractivity (Wildman–Crippen MR) is 79.1 cm³/mol. The molecule has 3 rings (SSSR count). The van der Waals surface area contributed by atoms with Gasteiger partial charge in [-0.15, -0.1) is 11.3 Å². The van der Waals surface area contributed by atoms with Gasteiger partial charge < -0.3 is 9.73 Å². The Labute approximate surface area is 118 Å². The number of fused-ring (bicyclic) bond motifs is 1. The van der Waals surface area contributed by atoms with E-state index in [0.717, 1.165) is 21.2 Å². The first kappa shape index (κ1) is 12.0. The summed E-state index contributed by atoms with van der Waals surface area (Å²) in [5.74, 6) is 0.946. The Morgan fingerprint density at radius 2 is 2.11 bits per heavy atom. The van der Waals surface area contributed by atoms with Crippen molar-refractivity contribution >= 4 is 38.2 Å². The number of rotatable bonds is 3. The number of nitrogens with one attached hydrogen (secondary N) is 1. The maximum absolute atomic E-state index is 5.92. The lowest BCUT2D eigenvalue weighted by Gasteiger charge is -2.12. The maximum Gasteiger partial charge on any atom is 0.134 e. The minimum absolute atomic E-state index is 0.0896. The van der Waals surface area contributed by atoms with Gasteiger partial charge in [-0.05, 0) is 46.6 Å². The van der Waals surface area contributed by atoms with E-state index in [1.165, 1.54) is 4.88 Å². The minimum Gasteiger partial charge on any atom is -0.459 e. The highest BCUT2D eigenvalue weighted by Crippen LogP contribution is 2.35. The average molecular weight is 322 g/mol. The normalized spacial score (nSPS) is 13.0. The van der Waals surface area contributed by atoms with Crippen LogP contribution < -0.4 is 5.32 Å². The first-order chi connectivity index (χ1) is 8.79. The number of furan rings is 1. The summed E-state index contributed by atoms with van der Waals surface area (Å²) in [4.78, 5) is 1.23. The highest BCUT2D eigenvalue weighted by molar-refractivity contribution is 9.10. The molecule has 1 N–H and O–H groups in total. The number of hydrogen-bond donors (Lipinski definition) is 1. The smallest absolute Gasteiger partial charge is 0.134 e. The van der Waals surface area contributed by atoms with Crippen molar-refractivity contribution in [1.82, 2.24) is 5.32 Å². The van der Waals surface area contributed by atoms with E-state index in [2.05, 4.69) is 44.8 Å². The molecule has 0 saturated carbocycles. The molecule has 1 atom stereocenters. The van der Waals surface area contributed by atoms with E-state index >= 15 is 0 Å². The molecule has 0 amide bonds. The third kappa shape index (κ3) is 2.00. The SMILES string of the molecule is CNC(c1cc2ccccc2o1)c1sccc1Br. The van der Waals surface area contributed by atoms with E-state index in [1.54, 1.807) is 11.3 Å². The van der Waals surface area contributed by atoms with Crippen molar-refractivity contribution < 1.29 is 4.42 Å². The Bertz CT molecular complexity index is 640. The summed E-state index contributed by atoms with van der Waals surface area (Å²) in [6.07, 6.45) is 0. The molecule has 0 aliphatic carbocycles. The van der Waals surface area contributed by atoms with E-state index in [1.807, 2.05) is 25.2 Å². The highest BCUT2D eigenvalue weighted by Gasteiger charge is 2.20. The fourth-order valence-corrected chi connectivity index (χ4v) is 3.78. The van der Waals surface area contributed by atoms with Gasteiger partial charge in [-0.2, -0.15) is 0 Å². The van der Waals surface area contributed by atoms with Gasteiger partial charge >= 0.3 is 0 Å². The van der Waals surface area contributed by atoms with Crippen LogP contribution in [0.3, 0.4) is 0 Å². The van der Waals surface area contributed by atoms with E-state index in [9.17, 15) is 0 Å². The molecule has 0 aliphatic heterocycles. The van der Waals surface area contributed by atoms with Crippen molar-refractivity contribution in [2.24, 2.45) is 0 Å². The average Bonchev–Trinajstić information content (AvgIpc) is 2.97. The summed E-state index contributed by atoms with van der Waals surface area (Å²) in [6.45, 7) is 0. The summed E-state index contributed by atoms with van der Waals surface area (Å²) in [7, 11) is 1.95. The summed E-state index contributed by atoms with van der Waals surface area (Å²) in [6, 6.07) is 12.3. The van der Waals surface area contributed by atoms with Crippen LogP contribution in [0.25, 0.3) is 11.0 Å². The first-order valence-electron chi connectivity index (χ1n) is 5.68.